The van der Waals surface area contributed by atoms with Gasteiger partial charge in [0.1, 0.15) is 5.82 Å². The highest BCUT2D eigenvalue weighted by Crippen LogP contribution is 2.12. The predicted octanol–water partition coefficient (Wildman–Crippen LogP) is 3.33. The molecule has 0 unspecified atom stereocenters. The third-order valence-corrected chi connectivity index (χ3v) is 4.88. The minimum atomic E-state index is -3.35. The van der Waals surface area contributed by atoms with E-state index in [1.807, 2.05) is 31.2 Å². The third kappa shape index (κ3) is 6.33. The van der Waals surface area contributed by atoms with E-state index in [4.69, 9.17) is 11.6 Å². The van der Waals surface area contributed by atoms with Gasteiger partial charge in [-0.15, -0.1) is 10.2 Å². The molecule has 8 heteroatoms. The molecule has 2 aromatic rings. The molecule has 1 aromatic heterocycles. The molecule has 0 fully saturated rings. The Morgan fingerprint density at radius 3 is 2.54 bits per heavy atom. The SMILES string of the molecule is CCCCS(=O)(=O)Nc1ccc(NCCc2cccc(Cl)c2)nn1. The van der Waals surface area contributed by atoms with Gasteiger partial charge < -0.3 is 5.32 Å². The molecule has 6 nitrogen and oxygen atoms in total. The monoisotopic (exact) mass is 368 g/mol. The van der Waals surface area contributed by atoms with Gasteiger partial charge >= 0.3 is 0 Å². The summed E-state index contributed by atoms with van der Waals surface area (Å²) >= 11 is 5.94. The fraction of sp³-hybridized carbons (Fsp3) is 0.375. The van der Waals surface area contributed by atoms with Crippen LogP contribution in [-0.4, -0.2) is 30.9 Å². The van der Waals surface area contributed by atoms with E-state index >= 15 is 0 Å². The van der Waals surface area contributed by atoms with Crippen molar-refractivity contribution in [2.45, 2.75) is 26.2 Å². The van der Waals surface area contributed by atoms with Crippen molar-refractivity contribution in [1.29, 1.82) is 0 Å². The number of halogens is 1. The van der Waals surface area contributed by atoms with Gasteiger partial charge in [-0.1, -0.05) is 37.1 Å². The minimum absolute atomic E-state index is 0.0881. The van der Waals surface area contributed by atoms with E-state index in [1.165, 1.54) is 0 Å². The summed E-state index contributed by atoms with van der Waals surface area (Å²) in [5.41, 5.74) is 1.13. The van der Waals surface area contributed by atoms with Gasteiger partial charge in [-0.2, -0.15) is 0 Å². The van der Waals surface area contributed by atoms with Crippen LogP contribution in [0.5, 0.6) is 0 Å². The number of aromatic nitrogens is 2. The summed E-state index contributed by atoms with van der Waals surface area (Å²) in [5, 5.41) is 11.7. The normalized spacial score (nSPS) is 11.2. The zero-order chi connectivity index (χ0) is 17.4. The highest BCUT2D eigenvalue weighted by molar-refractivity contribution is 7.92. The van der Waals surface area contributed by atoms with Gasteiger partial charge in [0.25, 0.3) is 0 Å². The van der Waals surface area contributed by atoms with E-state index in [1.54, 1.807) is 12.1 Å². The molecule has 0 radical (unpaired) electrons. The molecule has 2 N–H and O–H groups in total. The lowest BCUT2D eigenvalue weighted by molar-refractivity contribution is 0.597. The van der Waals surface area contributed by atoms with Crippen molar-refractivity contribution in [3.63, 3.8) is 0 Å². The van der Waals surface area contributed by atoms with Crippen molar-refractivity contribution in [3.05, 3.63) is 47.0 Å². The molecule has 0 saturated heterocycles. The van der Waals surface area contributed by atoms with Crippen LogP contribution in [0.3, 0.4) is 0 Å². The Morgan fingerprint density at radius 1 is 1.12 bits per heavy atom. The zero-order valence-electron chi connectivity index (χ0n) is 13.5. The van der Waals surface area contributed by atoms with Crippen molar-refractivity contribution < 1.29 is 8.42 Å². The van der Waals surface area contributed by atoms with E-state index in [2.05, 4.69) is 20.2 Å². The summed E-state index contributed by atoms with van der Waals surface area (Å²) in [6, 6.07) is 11.0. The highest BCUT2D eigenvalue weighted by atomic mass is 35.5. The largest absolute Gasteiger partial charge is 0.368 e. The lowest BCUT2D eigenvalue weighted by atomic mass is 10.1. The van der Waals surface area contributed by atoms with Gasteiger partial charge in [0.15, 0.2) is 5.82 Å². The van der Waals surface area contributed by atoms with E-state index in [-0.39, 0.29) is 11.6 Å². The molecule has 0 atom stereocenters. The Labute approximate surface area is 147 Å². The average Bonchev–Trinajstić information content (AvgIpc) is 2.54. The quantitative estimate of drug-likeness (QED) is 0.709. The van der Waals surface area contributed by atoms with Crippen LogP contribution in [0, 0.1) is 0 Å². The van der Waals surface area contributed by atoms with Crippen molar-refractivity contribution >= 4 is 33.3 Å². The van der Waals surface area contributed by atoms with Gasteiger partial charge in [0, 0.05) is 11.6 Å². The number of hydrogen-bond donors (Lipinski definition) is 2. The Kier molecular flexibility index (Phi) is 6.81. The minimum Gasteiger partial charge on any atom is -0.368 e. The Hall–Kier alpha value is -1.86. The van der Waals surface area contributed by atoms with Gasteiger partial charge in [-0.25, -0.2) is 8.42 Å². The van der Waals surface area contributed by atoms with Crippen molar-refractivity contribution in [2.24, 2.45) is 0 Å². The van der Waals surface area contributed by atoms with Crippen molar-refractivity contribution in [3.8, 4) is 0 Å². The summed E-state index contributed by atoms with van der Waals surface area (Å²) < 4.78 is 26.0. The number of unbranched alkanes of at least 4 members (excludes halogenated alkanes) is 1. The first-order valence-electron chi connectivity index (χ1n) is 7.81. The van der Waals surface area contributed by atoms with Crippen LogP contribution >= 0.6 is 11.6 Å². The lowest BCUT2D eigenvalue weighted by Gasteiger charge is -2.08. The fourth-order valence-corrected chi connectivity index (χ4v) is 3.46. The molecule has 0 spiro atoms. The van der Waals surface area contributed by atoms with Crippen molar-refractivity contribution in [1.82, 2.24) is 10.2 Å². The summed E-state index contributed by atoms with van der Waals surface area (Å²) in [5.74, 6) is 0.908. The van der Waals surface area contributed by atoms with Crippen molar-refractivity contribution in [2.75, 3.05) is 22.3 Å². The first-order chi connectivity index (χ1) is 11.5. The smallest absolute Gasteiger partial charge is 0.233 e. The highest BCUT2D eigenvalue weighted by Gasteiger charge is 2.10. The lowest BCUT2D eigenvalue weighted by Crippen LogP contribution is -2.17. The third-order valence-electron chi connectivity index (χ3n) is 3.30. The van der Waals surface area contributed by atoms with E-state index < -0.39 is 10.0 Å². The second-order valence-corrected chi connectivity index (χ2v) is 7.66. The molecule has 0 saturated carbocycles. The van der Waals surface area contributed by atoms with Gasteiger partial charge in [-0.3, -0.25) is 4.72 Å². The molecule has 0 bridgehead atoms. The molecule has 2 rings (SSSR count). The molecule has 24 heavy (non-hydrogen) atoms. The predicted molar refractivity (Wildman–Crippen MR) is 98.0 cm³/mol. The zero-order valence-corrected chi connectivity index (χ0v) is 15.1. The number of hydrogen-bond acceptors (Lipinski definition) is 5. The van der Waals surface area contributed by atoms with Crippen LogP contribution in [0.25, 0.3) is 0 Å². The first kappa shape index (κ1) is 18.5. The second kappa shape index (κ2) is 8.84. The molecule has 0 aliphatic rings. The van der Waals surface area contributed by atoms with Crippen LogP contribution in [-0.2, 0) is 16.4 Å². The number of anilines is 2. The maximum atomic E-state index is 11.8. The molecule has 1 heterocycles. The molecule has 130 valence electrons. The Balaban J connectivity index is 1.83. The van der Waals surface area contributed by atoms with Crippen LogP contribution in [0.1, 0.15) is 25.3 Å². The molecular formula is C16H21ClN4O2S. The van der Waals surface area contributed by atoms with Crippen LogP contribution in [0.2, 0.25) is 5.02 Å². The number of rotatable bonds is 9. The number of nitrogens with zero attached hydrogens (tertiary/aromatic N) is 2. The van der Waals surface area contributed by atoms with Crippen LogP contribution in [0.4, 0.5) is 11.6 Å². The number of nitrogens with one attached hydrogen (secondary N) is 2. The molecule has 0 aliphatic carbocycles. The fourth-order valence-electron chi connectivity index (χ4n) is 2.05. The summed E-state index contributed by atoms with van der Waals surface area (Å²) in [4.78, 5) is 0. The maximum absolute atomic E-state index is 11.8. The van der Waals surface area contributed by atoms with Gasteiger partial charge in [0.2, 0.25) is 10.0 Å². The van der Waals surface area contributed by atoms with Crippen LogP contribution in [0.15, 0.2) is 36.4 Å². The maximum Gasteiger partial charge on any atom is 0.233 e. The number of benzene rings is 1. The molecule has 0 amide bonds. The molecule has 1 aromatic carbocycles. The average molecular weight is 369 g/mol. The van der Waals surface area contributed by atoms with Gasteiger partial charge in [0.05, 0.1) is 5.75 Å². The molecule has 0 aliphatic heterocycles. The van der Waals surface area contributed by atoms with E-state index in [0.717, 1.165) is 18.4 Å². The van der Waals surface area contributed by atoms with Gasteiger partial charge in [-0.05, 0) is 42.7 Å². The Bertz CT molecular complexity index is 751. The topological polar surface area (TPSA) is 84.0 Å². The summed E-state index contributed by atoms with van der Waals surface area (Å²) in [6.07, 6.45) is 2.24. The Morgan fingerprint density at radius 2 is 1.88 bits per heavy atom. The standard InChI is InChI=1S/C16H21ClN4O2S/c1-2-3-11-24(22,23)21-16-8-7-15(19-20-16)18-10-9-13-5-4-6-14(17)12-13/h4-8,12H,2-3,9-11H2,1H3,(H,18,19)(H,20,21). The second-order valence-electron chi connectivity index (χ2n) is 5.38. The van der Waals surface area contributed by atoms with E-state index in [9.17, 15) is 8.42 Å². The summed E-state index contributed by atoms with van der Waals surface area (Å²) in [7, 11) is -3.35. The summed E-state index contributed by atoms with van der Waals surface area (Å²) in [6.45, 7) is 2.62. The number of sulfonamides is 1. The molecular weight excluding hydrogens is 348 g/mol. The van der Waals surface area contributed by atoms with E-state index in [0.29, 0.717) is 23.8 Å². The van der Waals surface area contributed by atoms with Crippen LogP contribution < -0.4 is 10.0 Å². The first-order valence-corrected chi connectivity index (χ1v) is 9.84.